The van der Waals surface area contributed by atoms with Crippen LogP contribution in [-0.4, -0.2) is 22.7 Å². The highest BCUT2D eigenvalue weighted by molar-refractivity contribution is 5.93. The summed E-state index contributed by atoms with van der Waals surface area (Å²) in [6.07, 6.45) is 3.32. The molecule has 21 heavy (non-hydrogen) atoms. The van der Waals surface area contributed by atoms with Crippen LogP contribution < -0.4 is 16.0 Å². The third kappa shape index (κ3) is 3.82. The summed E-state index contributed by atoms with van der Waals surface area (Å²) >= 11 is 0. The summed E-state index contributed by atoms with van der Waals surface area (Å²) in [6, 6.07) is 9.29. The van der Waals surface area contributed by atoms with Crippen molar-refractivity contribution in [2.75, 3.05) is 6.61 Å². The molecule has 0 spiro atoms. The van der Waals surface area contributed by atoms with Gasteiger partial charge in [-0.25, -0.2) is 5.84 Å². The molecule has 1 aromatic carbocycles. The molecule has 1 aromatic heterocycles. The first-order valence-electron chi connectivity index (χ1n) is 7.04. The SMILES string of the molecule is CCCCCOc1ccccc1-c1cc(C(=O)NN)[nH]n1. The Kier molecular flexibility index (Phi) is 5.34. The van der Waals surface area contributed by atoms with Gasteiger partial charge in [0.25, 0.3) is 5.91 Å². The topological polar surface area (TPSA) is 93.0 Å². The van der Waals surface area contributed by atoms with Crippen LogP contribution in [0.2, 0.25) is 0 Å². The molecule has 0 aliphatic carbocycles. The Hall–Kier alpha value is -2.34. The van der Waals surface area contributed by atoms with Crippen LogP contribution in [0.15, 0.2) is 30.3 Å². The van der Waals surface area contributed by atoms with E-state index in [1.165, 1.54) is 0 Å². The van der Waals surface area contributed by atoms with Crippen molar-refractivity contribution in [3.05, 3.63) is 36.0 Å². The van der Waals surface area contributed by atoms with Gasteiger partial charge < -0.3 is 4.74 Å². The molecule has 0 aliphatic heterocycles. The number of carbonyl (C=O) groups is 1. The van der Waals surface area contributed by atoms with Crippen LogP contribution >= 0.6 is 0 Å². The number of unbranched alkanes of at least 4 members (excludes halogenated alkanes) is 2. The van der Waals surface area contributed by atoms with Crippen molar-refractivity contribution in [3.63, 3.8) is 0 Å². The third-order valence-electron chi connectivity index (χ3n) is 3.12. The number of aromatic amines is 1. The second kappa shape index (κ2) is 7.44. The quantitative estimate of drug-likeness (QED) is 0.315. The normalized spacial score (nSPS) is 10.4. The predicted molar refractivity (Wildman–Crippen MR) is 80.7 cm³/mol. The molecule has 0 aliphatic rings. The summed E-state index contributed by atoms with van der Waals surface area (Å²) in [5, 5.41) is 6.80. The van der Waals surface area contributed by atoms with Gasteiger partial charge in [0.2, 0.25) is 0 Å². The number of nitrogens with one attached hydrogen (secondary N) is 2. The number of rotatable bonds is 7. The number of benzene rings is 1. The van der Waals surface area contributed by atoms with E-state index in [0.29, 0.717) is 18.0 Å². The van der Waals surface area contributed by atoms with E-state index in [-0.39, 0.29) is 0 Å². The monoisotopic (exact) mass is 288 g/mol. The molecule has 4 N–H and O–H groups in total. The zero-order valence-electron chi connectivity index (χ0n) is 12.1. The molecule has 0 atom stereocenters. The molecule has 0 fully saturated rings. The second-order valence-electron chi connectivity index (χ2n) is 4.69. The van der Waals surface area contributed by atoms with Crippen LogP contribution in [-0.2, 0) is 0 Å². The number of nitrogens with two attached hydrogens (primary N) is 1. The molecule has 1 heterocycles. The number of hydrogen-bond acceptors (Lipinski definition) is 4. The molecule has 1 amide bonds. The lowest BCUT2D eigenvalue weighted by atomic mass is 10.1. The second-order valence-corrected chi connectivity index (χ2v) is 4.69. The lowest BCUT2D eigenvalue weighted by Crippen LogP contribution is -2.30. The Bertz CT molecular complexity index is 595. The van der Waals surface area contributed by atoms with Gasteiger partial charge in [-0.05, 0) is 24.6 Å². The highest BCUT2D eigenvalue weighted by atomic mass is 16.5. The number of hydrogen-bond donors (Lipinski definition) is 3. The summed E-state index contributed by atoms with van der Waals surface area (Å²) in [7, 11) is 0. The number of para-hydroxylation sites is 1. The van der Waals surface area contributed by atoms with Gasteiger partial charge in [0, 0.05) is 5.56 Å². The van der Waals surface area contributed by atoms with E-state index in [2.05, 4.69) is 22.5 Å². The maximum absolute atomic E-state index is 11.4. The number of ether oxygens (including phenoxy) is 1. The van der Waals surface area contributed by atoms with Gasteiger partial charge in [0.15, 0.2) is 0 Å². The fourth-order valence-corrected chi connectivity index (χ4v) is 1.99. The molecule has 0 radical (unpaired) electrons. The minimum atomic E-state index is -0.407. The molecule has 0 bridgehead atoms. The van der Waals surface area contributed by atoms with Crippen molar-refractivity contribution in [1.29, 1.82) is 0 Å². The predicted octanol–water partition coefficient (Wildman–Crippen LogP) is 2.25. The van der Waals surface area contributed by atoms with Crippen LogP contribution in [0, 0.1) is 0 Å². The third-order valence-corrected chi connectivity index (χ3v) is 3.12. The van der Waals surface area contributed by atoms with Crippen molar-refractivity contribution in [1.82, 2.24) is 15.6 Å². The van der Waals surface area contributed by atoms with Gasteiger partial charge in [-0.15, -0.1) is 0 Å². The van der Waals surface area contributed by atoms with Gasteiger partial charge in [0.05, 0.1) is 12.3 Å². The first-order chi connectivity index (χ1) is 10.3. The lowest BCUT2D eigenvalue weighted by Gasteiger charge is -2.09. The van der Waals surface area contributed by atoms with E-state index in [1.54, 1.807) is 6.07 Å². The first kappa shape index (κ1) is 15.1. The summed E-state index contributed by atoms with van der Waals surface area (Å²) in [5.41, 5.74) is 3.88. The van der Waals surface area contributed by atoms with Crippen molar-refractivity contribution < 1.29 is 9.53 Å². The Morgan fingerprint density at radius 1 is 1.38 bits per heavy atom. The molecular weight excluding hydrogens is 268 g/mol. The maximum Gasteiger partial charge on any atom is 0.283 e. The summed E-state index contributed by atoms with van der Waals surface area (Å²) in [4.78, 5) is 11.4. The van der Waals surface area contributed by atoms with Crippen molar-refractivity contribution in [2.24, 2.45) is 5.84 Å². The molecule has 6 nitrogen and oxygen atoms in total. The number of H-pyrrole nitrogens is 1. The van der Waals surface area contributed by atoms with Gasteiger partial charge in [-0.3, -0.25) is 15.3 Å². The number of carbonyl (C=O) groups excluding carboxylic acids is 1. The number of nitrogens with zero attached hydrogens (tertiary/aromatic N) is 1. The van der Waals surface area contributed by atoms with Gasteiger partial charge in [-0.2, -0.15) is 5.10 Å². The van der Waals surface area contributed by atoms with E-state index >= 15 is 0 Å². The zero-order valence-corrected chi connectivity index (χ0v) is 12.1. The van der Waals surface area contributed by atoms with E-state index in [9.17, 15) is 4.79 Å². The van der Waals surface area contributed by atoms with Gasteiger partial charge in [-0.1, -0.05) is 31.9 Å². The summed E-state index contributed by atoms with van der Waals surface area (Å²) < 4.78 is 5.81. The van der Waals surface area contributed by atoms with Gasteiger partial charge >= 0.3 is 0 Å². The van der Waals surface area contributed by atoms with Crippen molar-refractivity contribution in [3.8, 4) is 17.0 Å². The Labute approximate surface area is 123 Å². The maximum atomic E-state index is 11.4. The molecule has 6 heteroatoms. The summed E-state index contributed by atoms with van der Waals surface area (Å²) in [6.45, 7) is 2.83. The Morgan fingerprint density at radius 2 is 2.19 bits per heavy atom. The molecule has 0 saturated heterocycles. The average Bonchev–Trinajstić information content (AvgIpc) is 3.01. The van der Waals surface area contributed by atoms with Crippen molar-refractivity contribution in [2.45, 2.75) is 26.2 Å². The average molecular weight is 288 g/mol. The zero-order chi connectivity index (χ0) is 15.1. The van der Waals surface area contributed by atoms with Crippen LogP contribution in [0.4, 0.5) is 0 Å². The standard InChI is InChI=1S/C15H20N4O2/c1-2-3-6-9-21-14-8-5-4-7-11(14)12-10-13(19-18-12)15(20)17-16/h4-5,7-8,10H,2-3,6,9,16H2,1H3,(H,17,20)(H,18,19). The minimum absolute atomic E-state index is 0.313. The first-order valence-corrected chi connectivity index (χ1v) is 7.04. The highest BCUT2D eigenvalue weighted by Crippen LogP contribution is 2.28. The smallest absolute Gasteiger partial charge is 0.283 e. The van der Waals surface area contributed by atoms with Crippen LogP contribution in [0.25, 0.3) is 11.3 Å². The number of hydrazine groups is 1. The summed E-state index contributed by atoms with van der Waals surface area (Å²) in [5.74, 6) is 5.46. The van der Waals surface area contributed by atoms with Crippen LogP contribution in [0.1, 0.15) is 36.7 Å². The van der Waals surface area contributed by atoms with Gasteiger partial charge in [0.1, 0.15) is 11.4 Å². The molecule has 0 unspecified atom stereocenters. The fourth-order valence-electron chi connectivity index (χ4n) is 1.99. The highest BCUT2D eigenvalue weighted by Gasteiger charge is 2.12. The lowest BCUT2D eigenvalue weighted by molar-refractivity contribution is 0.0948. The fraction of sp³-hybridized carbons (Fsp3) is 0.333. The van der Waals surface area contributed by atoms with Crippen LogP contribution in [0.5, 0.6) is 5.75 Å². The molecule has 112 valence electrons. The molecule has 2 aromatic rings. The Morgan fingerprint density at radius 3 is 2.95 bits per heavy atom. The number of aromatic nitrogens is 2. The number of nitrogen functional groups attached to an aromatic ring is 1. The largest absolute Gasteiger partial charge is 0.493 e. The van der Waals surface area contributed by atoms with Crippen molar-refractivity contribution >= 4 is 5.91 Å². The van der Waals surface area contributed by atoms with Crippen LogP contribution in [0.3, 0.4) is 0 Å². The van der Waals surface area contributed by atoms with E-state index < -0.39 is 5.91 Å². The minimum Gasteiger partial charge on any atom is -0.493 e. The molecule has 0 saturated carbocycles. The Balaban J connectivity index is 2.15. The van der Waals surface area contributed by atoms with E-state index in [0.717, 1.165) is 30.6 Å². The molecule has 2 rings (SSSR count). The number of amides is 1. The van der Waals surface area contributed by atoms with E-state index in [4.69, 9.17) is 10.6 Å². The van der Waals surface area contributed by atoms with E-state index in [1.807, 2.05) is 24.3 Å². The molecular formula is C15H20N4O2.